The fourth-order valence-corrected chi connectivity index (χ4v) is 4.31. The number of para-hydroxylation sites is 4. The summed E-state index contributed by atoms with van der Waals surface area (Å²) < 4.78 is 2.25. The number of aryl methyl sites for hydroxylation is 1. The molecule has 0 saturated carbocycles. The Labute approximate surface area is 159 Å². The zero-order valence-corrected chi connectivity index (χ0v) is 16.0. The molecule has 0 aliphatic carbocycles. The Kier molecular flexibility index (Phi) is 3.54. The monoisotopic (exact) mass is 355 g/mol. The molecule has 0 amide bonds. The maximum atomic E-state index is 4.96. The quantitative estimate of drug-likeness (QED) is 0.380. The van der Waals surface area contributed by atoms with Crippen LogP contribution in [0.5, 0.6) is 0 Å². The van der Waals surface area contributed by atoms with Gasteiger partial charge in [-0.05, 0) is 38.1 Å². The van der Waals surface area contributed by atoms with Crippen LogP contribution in [0.15, 0.2) is 60.7 Å². The van der Waals surface area contributed by atoms with Gasteiger partial charge in [-0.3, -0.25) is 0 Å². The number of rotatable bonds is 2. The van der Waals surface area contributed by atoms with Gasteiger partial charge < -0.3 is 9.80 Å². The summed E-state index contributed by atoms with van der Waals surface area (Å²) in [6.45, 7) is 6.27. The van der Waals surface area contributed by atoms with Gasteiger partial charge in [0.05, 0.1) is 22.7 Å². The smallest absolute Gasteiger partial charge is 0.233 e. The van der Waals surface area contributed by atoms with E-state index in [1.165, 1.54) is 22.7 Å². The third-order valence-corrected chi connectivity index (χ3v) is 5.59. The van der Waals surface area contributed by atoms with Crippen molar-refractivity contribution in [1.29, 1.82) is 0 Å². The number of anilines is 4. The van der Waals surface area contributed by atoms with Crippen molar-refractivity contribution < 1.29 is 4.57 Å². The van der Waals surface area contributed by atoms with Crippen molar-refractivity contribution in [3.63, 3.8) is 0 Å². The first kappa shape index (κ1) is 16.1. The third kappa shape index (κ3) is 2.23. The normalized spacial score (nSPS) is 13.1. The third-order valence-electron chi connectivity index (χ3n) is 5.59. The highest BCUT2D eigenvalue weighted by Gasteiger charge is 2.29. The minimum atomic E-state index is 0.923. The Morgan fingerprint density at radius 3 is 1.96 bits per heavy atom. The van der Waals surface area contributed by atoms with E-state index in [9.17, 15) is 0 Å². The van der Waals surface area contributed by atoms with Gasteiger partial charge in [0, 0.05) is 25.2 Å². The fraction of sp³-hybridized carbons (Fsp3) is 0.217. The Balaban J connectivity index is 1.86. The maximum Gasteiger partial charge on any atom is 0.233 e. The summed E-state index contributed by atoms with van der Waals surface area (Å²) in [5, 5.41) is 0. The summed E-state index contributed by atoms with van der Waals surface area (Å²) in [7, 11) is 2.13. The van der Waals surface area contributed by atoms with E-state index in [1.54, 1.807) is 0 Å². The minimum absolute atomic E-state index is 0.923. The van der Waals surface area contributed by atoms with E-state index in [1.807, 2.05) is 6.07 Å². The number of hydrogen-bond acceptors (Lipinski definition) is 3. The van der Waals surface area contributed by atoms with E-state index >= 15 is 0 Å². The Morgan fingerprint density at radius 2 is 1.30 bits per heavy atom. The van der Waals surface area contributed by atoms with Gasteiger partial charge in [-0.2, -0.15) is 4.57 Å². The van der Waals surface area contributed by atoms with Crippen molar-refractivity contribution in [3.05, 3.63) is 60.7 Å². The first-order valence-corrected chi connectivity index (χ1v) is 9.59. The summed E-state index contributed by atoms with van der Waals surface area (Å²) in [5.74, 6) is 0. The zero-order chi connectivity index (χ0) is 18.5. The average molecular weight is 355 g/mol. The average Bonchev–Trinajstić information content (AvgIpc) is 2.71. The van der Waals surface area contributed by atoms with E-state index in [-0.39, 0.29) is 0 Å². The lowest BCUT2D eigenvalue weighted by atomic mass is 10.1. The number of hydrogen-bond donors (Lipinski definition) is 0. The molecule has 0 atom stereocenters. The molecule has 0 saturated heterocycles. The van der Waals surface area contributed by atoms with Crippen molar-refractivity contribution in [2.75, 3.05) is 22.9 Å². The minimum Gasteiger partial charge on any atom is -0.338 e. The molecule has 0 fully saturated rings. The second-order valence-electron chi connectivity index (χ2n) is 6.97. The van der Waals surface area contributed by atoms with Crippen molar-refractivity contribution in [2.24, 2.45) is 7.05 Å². The van der Waals surface area contributed by atoms with Gasteiger partial charge in [0.15, 0.2) is 0 Å². The van der Waals surface area contributed by atoms with Crippen molar-refractivity contribution in [3.8, 4) is 0 Å². The van der Waals surface area contributed by atoms with E-state index < -0.39 is 0 Å². The fourth-order valence-electron chi connectivity index (χ4n) is 4.31. The largest absolute Gasteiger partial charge is 0.338 e. The molecule has 1 aliphatic heterocycles. The summed E-state index contributed by atoms with van der Waals surface area (Å²) in [5.41, 5.74) is 9.37. The second-order valence-corrected chi connectivity index (χ2v) is 6.97. The molecule has 1 aromatic heterocycles. The summed E-state index contributed by atoms with van der Waals surface area (Å²) >= 11 is 0. The van der Waals surface area contributed by atoms with Gasteiger partial charge in [0.1, 0.15) is 18.1 Å². The van der Waals surface area contributed by atoms with Crippen LogP contribution in [0.1, 0.15) is 13.8 Å². The number of nitrogens with zero attached hydrogens (tertiary/aromatic N) is 4. The molecule has 5 rings (SSSR count). The molecule has 0 N–H and O–H groups in total. The molecule has 27 heavy (non-hydrogen) atoms. The van der Waals surface area contributed by atoms with Crippen LogP contribution in [0, 0.1) is 0 Å². The Morgan fingerprint density at radius 1 is 0.704 bits per heavy atom. The SMILES string of the molecule is CCN1c2ccccc2N(CC)c2cc3c(cc21)nc1ccccc1[n+]3C. The van der Waals surface area contributed by atoms with Crippen LogP contribution in [0.2, 0.25) is 0 Å². The van der Waals surface area contributed by atoms with Gasteiger partial charge >= 0.3 is 0 Å². The Hall–Kier alpha value is -3.14. The van der Waals surface area contributed by atoms with Gasteiger partial charge in [-0.25, -0.2) is 4.98 Å². The standard InChI is InChI=1S/C23H23N4/c1-4-26-19-12-8-9-13-20(19)27(5-2)23-15-21-17(14-22(23)26)24-16-10-6-7-11-18(16)25(21)3/h6-15H,4-5H2,1-3H3/q+1. The highest BCUT2D eigenvalue weighted by molar-refractivity contribution is 5.98. The highest BCUT2D eigenvalue weighted by atomic mass is 15.3. The molecule has 4 nitrogen and oxygen atoms in total. The second kappa shape index (κ2) is 5.95. The lowest BCUT2D eigenvalue weighted by Gasteiger charge is -2.39. The first-order valence-electron chi connectivity index (χ1n) is 9.59. The molecular formula is C23H23N4+. The van der Waals surface area contributed by atoms with Crippen molar-refractivity contribution in [2.45, 2.75) is 13.8 Å². The van der Waals surface area contributed by atoms with Gasteiger partial charge in [0.25, 0.3) is 0 Å². The predicted molar refractivity (Wildman–Crippen MR) is 112 cm³/mol. The van der Waals surface area contributed by atoms with Crippen LogP contribution < -0.4 is 14.4 Å². The molecule has 0 unspecified atom stereocenters. The van der Waals surface area contributed by atoms with Crippen molar-refractivity contribution in [1.82, 2.24) is 4.98 Å². The van der Waals surface area contributed by atoms with Crippen LogP contribution in [0.4, 0.5) is 22.7 Å². The van der Waals surface area contributed by atoms with Gasteiger partial charge in [-0.15, -0.1) is 0 Å². The molecule has 2 heterocycles. The summed E-state index contributed by atoms with van der Waals surface area (Å²) in [6, 6.07) is 21.5. The molecule has 0 bridgehead atoms. The van der Waals surface area contributed by atoms with Crippen LogP contribution in [-0.2, 0) is 7.05 Å². The summed E-state index contributed by atoms with van der Waals surface area (Å²) in [6.07, 6.45) is 0. The van der Waals surface area contributed by atoms with Crippen LogP contribution in [-0.4, -0.2) is 18.1 Å². The molecule has 0 radical (unpaired) electrons. The van der Waals surface area contributed by atoms with E-state index in [2.05, 4.69) is 89.9 Å². The van der Waals surface area contributed by atoms with E-state index in [0.29, 0.717) is 0 Å². The highest BCUT2D eigenvalue weighted by Crippen LogP contribution is 2.48. The molecule has 1 aliphatic rings. The lowest BCUT2D eigenvalue weighted by molar-refractivity contribution is -0.617. The van der Waals surface area contributed by atoms with Gasteiger partial charge in [-0.1, -0.05) is 24.3 Å². The van der Waals surface area contributed by atoms with Gasteiger partial charge in [0.2, 0.25) is 11.0 Å². The van der Waals surface area contributed by atoms with Crippen LogP contribution in [0.25, 0.3) is 22.1 Å². The topological polar surface area (TPSA) is 23.2 Å². The van der Waals surface area contributed by atoms with E-state index in [0.717, 1.165) is 35.2 Å². The molecule has 4 aromatic rings. The predicted octanol–water partition coefficient (Wildman–Crippen LogP) is 4.84. The number of benzene rings is 3. The molecular weight excluding hydrogens is 332 g/mol. The number of aromatic nitrogens is 2. The lowest BCUT2D eigenvalue weighted by Crippen LogP contribution is -2.33. The number of fused-ring (bicyclic) bond motifs is 4. The van der Waals surface area contributed by atoms with E-state index in [4.69, 9.17) is 4.98 Å². The molecule has 4 heteroatoms. The molecule has 0 spiro atoms. The Bertz CT molecular complexity index is 1180. The zero-order valence-electron chi connectivity index (χ0n) is 16.0. The molecule has 3 aromatic carbocycles. The van der Waals surface area contributed by atoms with Crippen LogP contribution in [0.3, 0.4) is 0 Å². The maximum absolute atomic E-state index is 4.96. The first-order chi connectivity index (χ1) is 13.2. The van der Waals surface area contributed by atoms with Crippen molar-refractivity contribution >= 4 is 44.8 Å². The van der Waals surface area contributed by atoms with Crippen LogP contribution >= 0.6 is 0 Å². The summed E-state index contributed by atoms with van der Waals surface area (Å²) in [4.78, 5) is 9.76. The molecule has 134 valence electrons.